The number of esters is 1. The second-order valence-corrected chi connectivity index (χ2v) is 7.48. The number of aryl methyl sites for hydroxylation is 3. The van der Waals surface area contributed by atoms with Crippen molar-refractivity contribution in [3.05, 3.63) is 53.1 Å². The largest absolute Gasteiger partial charge is 0.484 e. The molecule has 7 heteroatoms. The second kappa shape index (κ2) is 9.64. The summed E-state index contributed by atoms with van der Waals surface area (Å²) < 4.78 is 10.7. The van der Waals surface area contributed by atoms with E-state index in [0.29, 0.717) is 17.1 Å². The lowest BCUT2D eigenvalue weighted by Crippen LogP contribution is -2.51. The van der Waals surface area contributed by atoms with E-state index in [1.807, 2.05) is 51.1 Å². The molecule has 0 unspecified atom stereocenters. The van der Waals surface area contributed by atoms with Crippen molar-refractivity contribution in [2.45, 2.75) is 34.1 Å². The summed E-state index contributed by atoms with van der Waals surface area (Å²) in [7, 11) is 0. The minimum atomic E-state index is -0.487. The summed E-state index contributed by atoms with van der Waals surface area (Å²) in [5, 5.41) is 0. The van der Waals surface area contributed by atoms with E-state index in [9.17, 15) is 14.4 Å². The minimum absolute atomic E-state index is 0.161. The van der Waals surface area contributed by atoms with Crippen molar-refractivity contribution in [1.29, 1.82) is 0 Å². The van der Waals surface area contributed by atoms with Crippen LogP contribution in [-0.2, 0) is 25.5 Å². The van der Waals surface area contributed by atoms with E-state index in [-0.39, 0.29) is 38.1 Å². The molecule has 0 saturated carbocycles. The van der Waals surface area contributed by atoms with Crippen LogP contribution in [0.4, 0.5) is 11.4 Å². The number of ether oxygens (including phenoxy) is 2. The van der Waals surface area contributed by atoms with Gasteiger partial charge in [0.05, 0.1) is 18.0 Å². The molecule has 164 valence electrons. The predicted octanol–water partition coefficient (Wildman–Crippen LogP) is 3.19. The number of rotatable bonds is 7. The molecule has 1 aliphatic heterocycles. The van der Waals surface area contributed by atoms with Crippen molar-refractivity contribution in [1.82, 2.24) is 0 Å². The zero-order valence-corrected chi connectivity index (χ0v) is 18.4. The van der Waals surface area contributed by atoms with Crippen LogP contribution in [0.3, 0.4) is 0 Å². The first kappa shape index (κ1) is 22.3. The van der Waals surface area contributed by atoms with Gasteiger partial charge in [-0.25, -0.2) is 0 Å². The van der Waals surface area contributed by atoms with Gasteiger partial charge in [0.15, 0.2) is 6.61 Å². The Morgan fingerprint density at radius 3 is 2.42 bits per heavy atom. The molecular weight excluding hydrogens is 396 g/mol. The van der Waals surface area contributed by atoms with Crippen molar-refractivity contribution >= 4 is 29.2 Å². The highest BCUT2D eigenvalue weighted by Crippen LogP contribution is 2.36. The lowest BCUT2D eigenvalue weighted by Gasteiger charge is -2.36. The molecule has 0 atom stereocenters. The Morgan fingerprint density at radius 2 is 1.74 bits per heavy atom. The topological polar surface area (TPSA) is 76.2 Å². The number of benzene rings is 2. The molecule has 7 nitrogen and oxygen atoms in total. The van der Waals surface area contributed by atoms with Crippen molar-refractivity contribution < 1.29 is 23.9 Å². The van der Waals surface area contributed by atoms with E-state index in [0.717, 1.165) is 23.1 Å². The van der Waals surface area contributed by atoms with Crippen LogP contribution in [-0.4, -0.2) is 44.1 Å². The fraction of sp³-hybridized carbons (Fsp3) is 0.375. The van der Waals surface area contributed by atoms with Crippen LogP contribution in [0.15, 0.2) is 36.4 Å². The maximum Gasteiger partial charge on any atom is 0.326 e. The number of carbonyl (C=O) groups excluding carboxylic acids is 3. The maximum absolute atomic E-state index is 13.0. The minimum Gasteiger partial charge on any atom is -0.484 e. The number of carbonyl (C=O) groups is 3. The van der Waals surface area contributed by atoms with Gasteiger partial charge < -0.3 is 9.47 Å². The Balaban J connectivity index is 1.85. The van der Waals surface area contributed by atoms with Gasteiger partial charge in [-0.2, -0.15) is 0 Å². The van der Waals surface area contributed by atoms with Gasteiger partial charge in [0.25, 0.3) is 5.91 Å². The van der Waals surface area contributed by atoms with Gasteiger partial charge >= 0.3 is 5.97 Å². The van der Waals surface area contributed by atoms with Gasteiger partial charge in [0.1, 0.15) is 18.8 Å². The molecule has 0 spiro atoms. The quantitative estimate of drug-likeness (QED) is 0.638. The Bertz CT molecular complexity index is 1000. The summed E-state index contributed by atoms with van der Waals surface area (Å²) in [5.41, 5.74) is 4.17. The zero-order valence-electron chi connectivity index (χ0n) is 18.4. The SMILES string of the molecule is CCOC(=O)CN1C(=O)CN(C(=O)COc2cccc(CC)c2)c2cc(C)c(C)cc21. The van der Waals surface area contributed by atoms with E-state index in [4.69, 9.17) is 9.47 Å². The molecule has 1 aliphatic rings. The first-order chi connectivity index (χ1) is 14.8. The molecule has 2 amide bonds. The molecule has 0 N–H and O–H groups in total. The average molecular weight is 424 g/mol. The molecule has 1 heterocycles. The molecule has 31 heavy (non-hydrogen) atoms. The van der Waals surface area contributed by atoms with Crippen molar-refractivity contribution in [2.24, 2.45) is 0 Å². The van der Waals surface area contributed by atoms with Crippen molar-refractivity contribution in [3.8, 4) is 5.75 Å². The van der Waals surface area contributed by atoms with Gasteiger partial charge in [-0.15, -0.1) is 0 Å². The summed E-state index contributed by atoms with van der Waals surface area (Å²) in [6, 6.07) is 11.3. The summed E-state index contributed by atoms with van der Waals surface area (Å²) in [6.45, 7) is 7.33. The Labute approximate surface area is 182 Å². The van der Waals surface area contributed by atoms with Crippen molar-refractivity contribution in [3.63, 3.8) is 0 Å². The van der Waals surface area contributed by atoms with E-state index in [2.05, 4.69) is 0 Å². The highest BCUT2D eigenvalue weighted by molar-refractivity contribution is 6.13. The van der Waals surface area contributed by atoms with Crippen LogP contribution in [0.25, 0.3) is 0 Å². The standard InChI is InChI=1S/C24H28N2O5/c1-5-18-8-7-9-19(12-18)31-15-23(28)25-13-22(27)26(14-24(29)30-6-2)21-11-17(4)16(3)10-20(21)25/h7-12H,5-6,13-15H2,1-4H3. The summed E-state index contributed by atoms with van der Waals surface area (Å²) in [6.07, 6.45) is 0.869. The molecule has 0 saturated heterocycles. The van der Waals surface area contributed by atoms with Gasteiger partial charge in [0, 0.05) is 0 Å². The van der Waals surface area contributed by atoms with Crippen LogP contribution in [0.5, 0.6) is 5.75 Å². The molecule has 2 aromatic rings. The van der Waals surface area contributed by atoms with Gasteiger partial charge in [-0.05, 0) is 68.1 Å². The number of anilines is 2. The Morgan fingerprint density at radius 1 is 1.03 bits per heavy atom. The molecule has 3 rings (SSSR count). The van der Waals surface area contributed by atoms with E-state index >= 15 is 0 Å². The first-order valence-corrected chi connectivity index (χ1v) is 10.4. The molecule has 0 fully saturated rings. The van der Waals surface area contributed by atoms with Crippen LogP contribution < -0.4 is 14.5 Å². The number of hydrogen-bond acceptors (Lipinski definition) is 5. The molecule has 0 aliphatic carbocycles. The molecule has 0 bridgehead atoms. The molecule has 2 aromatic carbocycles. The Hall–Kier alpha value is -3.35. The zero-order chi connectivity index (χ0) is 22.5. The number of amides is 2. The molecule has 0 aromatic heterocycles. The summed E-state index contributed by atoms with van der Waals surface area (Å²) >= 11 is 0. The van der Waals surface area contributed by atoms with Crippen LogP contribution in [0.1, 0.15) is 30.5 Å². The molecular formula is C24H28N2O5. The van der Waals surface area contributed by atoms with Gasteiger partial charge in [-0.3, -0.25) is 24.2 Å². The van der Waals surface area contributed by atoms with Crippen LogP contribution in [0.2, 0.25) is 0 Å². The predicted molar refractivity (Wildman–Crippen MR) is 119 cm³/mol. The lowest BCUT2D eigenvalue weighted by molar-refractivity contribution is -0.142. The van der Waals surface area contributed by atoms with Gasteiger partial charge in [0.2, 0.25) is 5.91 Å². The monoisotopic (exact) mass is 424 g/mol. The van der Waals surface area contributed by atoms with Gasteiger partial charge in [-0.1, -0.05) is 19.1 Å². The highest BCUT2D eigenvalue weighted by atomic mass is 16.5. The average Bonchev–Trinajstić information content (AvgIpc) is 2.75. The summed E-state index contributed by atoms with van der Waals surface area (Å²) in [5.74, 6) is -0.542. The van der Waals surface area contributed by atoms with Crippen molar-refractivity contribution in [2.75, 3.05) is 36.1 Å². The van der Waals surface area contributed by atoms with Crippen LogP contribution >= 0.6 is 0 Å². The van der Waals surface area contributed by atoms with E-state index < -0.39 is 5.97 Å². The maximum atomic E-state index is 13.0. The number of fused-ring (bicyclic) bond motifs is 1. The second-order valence-electron chi connectivity index (χ2n) is 7.48. The smallest absolute Gasteiger partial charge is 0.326 e. The fourth-order valence-electron chi connectivity index (χ4n) is 3.47. The fourth-order valence-corrected chi connectivity index (χ4v) is 3.47. The first-order valence-electron chi connectivity index (χ1n) is 10.4. The number of hydrogen-bond donors (Lipinski definition) is 0. The third kappa shape index (κ3) is 5.05. The van der Waals surface area contributed by atoms with E-state index in [1.165, 1.54) is 9.80 Å². The third-order valence-electron chi connectivity index (χ3n) is 5.33. The lowest BCUT2D eigenvalue weighted by atomic mass is 10.0. The van der Waals surface area contributed by atoms with Crippen LogP contribution in [0, 0.1) is 13.8 Å². The Kier molecular flexibility index (Phi) is 6.95. The normalized spacial score (nSPS) is 13.1. The third-order valence-corrected chi connectivity index (χ3v) is 5.33. The highest BCUT2D eigenvalue weighted by Gasteiger charge is 2.34. The molecule has 0 radical (unpaired) electrons. The van der Waals surface area contributed by atoms with E-state index in [1.54, 1.807) is 13.0 Å². The summed E-state index contributed by atoms with van der Waals surface area (Å²) in [4.78, 5) is 40.7. The number of nitrogens with zero attached hydrogens (tertiary/aromatic N) is 2.